The fraction of sp³-hybridized carbons (Fsp3) is 0.250. The van der Waals surface area contributed by atoms with E-state index in [1.807, 2.05) is 6.92 Å². The third kappa shape index (κ3) is 4.13. The summed E-state index contributed by atoms with van der Waals surface area (Å²) >= 11 is 0. The van der Waals surface area contributed by atoms with Gasteiger partial charge in [0.15, 0.2) is 0 Å². The number of ether oxygens (including phenoxy) is 1. The van der Waals surface area contributed by atoms with Crippen LogP contribution in [0.25, 0.3) is 0 Å². The van der Waals surface area contributed by atoms with Gasteiger partial charge in [-0.15, -0.1) is 13.2 Å². The predicted octanol–water partition coefficient (Wildman–Crippen LogP) is 2.60. The molecule has 0 unspecified atom stereocenters. The van der Waals surface area contributed by atoms with Gasteiger partial charge in [0, 0.05) is 18.8 Å². The zero-order chi connectivity index (χ0) is 16.4. The van der Waals surface area contributed by atoms with Crippen LogP contribution in [0.5, 0.6) is 5.75 Å². The second-order valence-corrected chi connectivity index (χ2v) is 5.90. The summed E-state index contributed by atoms with van der Waals surface area (Å²) in [6.45, 7) is 2.37. The molecule has 6 nitrogen and oxygen atoms in total. The fourth-order valence-electron chi connectivity index (χ4n) is 1.64. The number of anilines is 1. The molecule has 0 aliphatic carbocycles. The number of halogens is 3. The minimum atomic E-state index is -4.89. The summed E-state index contributed by atoms with van der Waals surface area (Å²) in [7, 11) is -4.04. The number of rotatable bonds is 5. The first-order chi connectivity index (χ1) is 10.2. The quantitative estimate of drug-likeness (QED) is 0.911. The van der Waals surface area contributed by atoms with Gasteiger partial charge in [0.05, 0.1) is 16.8 Å². The highest BCUT2D eigenvalue weighted by Gasteiger charge is 2.31. The number of nitrogens with zero attached hydrogens (tertiary/aromatic N) is 2. The van der Waals surface area contributed by atoms with Gasteiger partial charge in [-0.05, 0) is 19.1 Å². The summed E-state index contributed by atoms with van der Waals surface area (Å²) in [4.78, 5) is -0.349. The van der Waals surface area contributed by atoms with Gasteiger partial charge < -0.3 is 4.74 Å². The second kappa shape index (κ2) is 5.87. The number of nitrogens with one attached hydrogen (secondary N) is 1. The highest BCUT2D eigenvalue weighted by molar-refractivity contribution is 7.92. The highest BCUT2D eigenvalue weighted by Crippen LogP contribution is 2.25. The molecule has 0 bridgehead atoms. The van der Waals surface area contributed by atoms with Crippen molar-refractivity contribution in [2.24, 2.45) is 0 Å². The largest absolute Gasteiger partial charge is 0.573 e. The Kier molecular flexibility index (Phi) is 4.31. The summed E-state index contributed by atoms with van der Waals surface area (Å²) < 4.78 is 68.2. The van der Waals surface area contributed by atoms with Gasteiger partial charge in [-0.3, -0.25) is 9.40 Å². The number of hydrogen-bond acceptors (Lipinski definition) is 4. The van der Waals surface area contributed by atoms with Crippen LogP contribution in [0.3, 0.4) is 0 Å². The zero-order valence-corrected chi connectivity index (χ0v) is 12.1. The summed E-state index contributed by atoms with van der Waals surface area (Å²) in [5, 5.41) is 3.89. The Labute approximate surface area is 124 Å². The van der Waals surface area contributed by atoms with Crippen LogP contribution in [-0.2, 0) is 16.6 Å². The number of benzene rings is 1. The van der Waals surface area contributed by atoms with E-state index in [2.05, 4.69) is 14.6 Å². The number of sulfonamides is 1. The Balaban J connectivity index is 2.23. The SMILES string of the molecule is CCn1cc(NS(=O)(=O)c2cccc(OC(F)(F)F)c2)cn1. The maximum atomic E-state index is 12.2. The first kappa shape index (κ1) is 16.1. The van der Waals surface area contributed by atoms with Crippen LogP contribution in [-0.4, -0.2) is 24.6 Å². The summed E-state index contributed by atoms with van der Waals surface area (Å²) in [6.07, 6.45) is -2.12. The Morgan fingerprint density at radius 1 is 1.36 bits per heavy atom. The number of aryl methyl sites for hydroxylation is 1. The van der Waals surface area contributed by atoms with E-state index in [1.54, 1.807) is 0 Å². The van der Waals surface area contributed by atoms with Crippen molar-refractivity contribution in [1.82, 2.24) is 9.78 Å². The van der Waals surface area contributed by atoms with E-state index in [0.717, 1.165) is 24.3 Å². The Bertz CT molecular complexity index is 756. The molecule has 1 aromatic heterocycles. The average molecular weight is 335 g/mol. The number of hydrogen-bond donors (Lipinski definition) is 1. The Morgan fingerprint density at radius 2 is 2.09 bits per heavy atom. The van der Waals surface area contributed by atoms with Crippen LogP contribution in [0.2, 0.25) is 0 Å². The van der Waals surface area contributed by atoms with Crippen molar-refractivity contribution in [3.8, 4) is 5.75 Å². The normalized spacial score (nSPS) is 12.2. The molecule has 1 heterocycles. The molecule has 2 aromatic rings. The molecule has 1 N–H and O–H groups in total. The van der Waals surface area contributed by atoms with E-state index in [-0.39, 0.29) is 10.6 Å². The molecule has 22 heavy (non-hydrogen) atoms. The molecule has 0 atom stereocenters. The van der Waals surface area contributed by atoms with Crippen LogP contribution >= 0.6 is 0 Å². The molecule has 0 aliphatic heterocycles. The van der Waals surface area contributed by atoms with Gasteiger partial charge in [0.2, 0.25) is 0 Å². The Morgan fingerprint density at radius 3 is 2.68 bits per heavy atom. The molecule has 0 aliphatic rings. The van der Waals surface area contributed by atoms with E-state index in [0.29, 0.717) is 6.54 Å². The maximum absolute atomic E-state index is 12.2. The van der Waals surface area contributed by atoms with E-state index < -0.39 is 22.1 Å². The number of alkyl halides is 3. The molecule has 0 radical (unpaired) electrons. The maximum Gasteiger partial charge on any atom is 0.573 e. The van der Waals surface area contributed by atoms with Crippen molar-refractivity contribution in [1.29, 1.82) is 0 Å². The first-order valence-electron chi connectivity index (χ1n) is 6.11. The van der Waals surface area contributed by atoms with Crippen molar-refractivity contribution in [3.63, 3.8) is 0 Å². The van der Waals surface area contributed by atoms with Crippen LogP contribution in [0.1, 0.15) is 6.92 Å². The lowest BCUT2D eigenvalue weighted by atomic mass is 10.3. The van der Waals surface area contributed by atoms with Crippen LogP contribution < -0.4 is 9.46 Å². The van der Waals surface area contributed by atoms with Crippen LogP contribution in [0.4, 0.5) is 18.9 Å². The minimum Gasteiger partial charge on any atom is -0.406 e. The topological polar surface area (TPSA) is 73.2 Å². The van der Waals surface area contributed by atoms with Gasteiger partial charge in [0.25, 0.3) is 10.0 Å². The molecule has 1 aromatic carbocycles. The van der Waals surface area contributed by atoms with Gasteiger partial charge in [-0.1, -0.05) is 6.07 Å². The second-order valence-electron chi connectivity index (χ2n) is 4.21. The van der Waals surface area contributed by atoms with E-state index in [1.165, 1.54) is 17.1 Å². The lowest BCUT2D eigenvalue weighted by Crippen LogP contribution is -2.18. The van der Waals surface area contributed by atoms with Crippen molar-refractivity contribution in [3.05, 3.63) is 36.7 Å². The molecule has 0 saturated heterocycles. The molecule has 0 fully saturated rings. The van der Waals surface area contributed by atoms with E-state index >= 15 is 0 Å². The summed E-state index contributed by atoms with van der Waals surface area (Å²) in [5.41, 5.74) is 0.212. The average Bonchev–Trinajstić information content (AvgIpc) is 2.84. The molecule has 0 saturated carbocycles. The molecular formula is C12H12F3N3O3S. The van der Waals surface area contributed by atoms with Crippen molar-refractivity contribution in [2.45, 2.75) is 24.7 Å². The van der Waals surface area contributed by atoms with Crippen molar-refractivity contribution >= 4 is 15.7 Å². The van der Waals surface area contributed by atoms with Gasteiger partial charge in [-0.2, -0.15) is 5.10 Å². The summed E-state index contributed by atoms with van der Waals surface area (Å²) in [6, 6.07) is 4.13. The molecular weight excluding hydrogens is 323 g/mol. The van der Waals surface area contributed by atoms with Gasteiger partial charge in [0.1, 0.15) is 5.75 Å². The van der Waals surface area contributed by atoms with Crippen molar-refractivity contribution in [2.75, 3.05) is 4.72 Å². The minimum absolute atomic E-state index is 0.212. The molecule has 0 amide bonds. The smallest absolute Gasteiger partial charge is 0.406 e. The molecule has 0 spiro atoms. The van der Waals surface area contributed by atoms with Gasteiger partial charge in [-0.25, -0.2) is 8.42 Å². The predicted molar refractivity (Wildman–Crippen MR) is 71.8 cm³/mol. The standard InChI is InChI=1S/C12H12F3N3O3S/c1-2-18-8-9(7-16-18)17-22(19,20)11-5-3-4-10(6-11)21-12(13,14)15/h3-8,17H,2H2,1H3. The zero-order valence-electron chi connectivity index (χ0n) is 11.3. The lowest BCUT2D eigenvalue weighted by molar-refractivity contribution is -0.274. The highest BCUT2D eigenvalue weighted by atomic mass is 32.2. The molecule has 10 heteroatoms. The third-order valence-corrected chi connectivity index (χ3v) is 3.94. The first-order valence-corrected chi connectivity index (χ1v) is 7.59. The monoisotopic (exact) mass is 335 g/mol. The Hall–Kier alpha value is -2.23. The van der Waals surface area contributed by atoms with Gasteiger partial charge >= 0.3 is 6.36 Å². The van der Waals surface area contributed by atoms with E-state index in [4.69, 9.17) is 0 Å². The van der Waals surface area contributed by atoms with Crippen LogP contribution in [0, 0.1) is 0 Å². The fourth-order valence-corrected chi connectivity index (χ4v) is 2.70. The van der Waals surface area contributed by atoms with Crippen LogP contribution in [0.15, 0.2) is 41.6 Å². The lowest BCUT2D eigenvalue weighted by Gasteiger charge is -2.10. The third-order valence-electron chi connectivity index (χ3n) is 2.56. The van der Waals surface area contributed by atoms with E-state index in [9.17, 15) is 21.6 Å². The molecule has 2 rings (SSSR count). The summed E-state index contributed by atoms with van der Waals surface area (Å²) in [5.74, 6) is -0.611. The molecule has 120 valence electrons. The number of aromatic nitrogens is 2. The van der Waals surface area contributed by atoms with Crippen molar-refractivity contribution < 1.29 is 26.3 Å².